The third-order valence-corrected chi connectivity index (χ3v) is 5.74. The number of nitrogens with one attached hydrogen (secondary N) is 2. The molecule has 0 bridgehead atoms. The molecule has 2 atom stereocenters. The molecular formula is C23H27N5O4. The molecule has 1 aliphatic heterocycles. The van der Waals surface area contributed by atoms with Gasteiger partial charge in [-0.25, -0.2) is 0 Å². The highest BCUT2D eigenvalue weighted by Gasteiger charge is 2.38. The van der Waals surface area contributed by atoms with E-state index in [1.165, 1.54) is 4.90 Å². The normalized spacial score (nSPS) is 18.2. The lowest BCUT2D eigenvalue weighted by Gasteiger charge is -2.23. The zero-order chi connectivity index (χ0) is 22.8. The van der Waals surface area contributed by atoms with Crippen LogP contribution in [0.1, 0.15) is 34.8 Å². The predicted octanol–water partition coefficient (Wildman–Crippen LogP) is 1.81. The molecule has 2 amide bonds. The van der Waals surface area contributed by atoms with Crippen LogP contribution in [0.5, 0.6) is 0 Å². The Labute approximate surface area is 185 Å². The number of rotatable bonds is 6. The Kier molecular flexibility index (Phi) is 6.09. The molecule has 2 aromatic heterocycles. The van der Waals surface area contributed by atoms with E-state index in [0.717, 1.165) is 28.1 Å². The largest absolute Gasteiger partial charge is 0.391 e. The molecule has 3 N–H and O–H groups in total. The first-order valence-corrected chi connectivity index (χ1v) is 10.6. The highest BCUT2D eigenvalue weighted by Crippen LogP contribution is 2.25. The number of carbonyl (C=O) groups excluding carboxylic acids is 2. The third kappa shape index (κ3) is 4.57. The predicted molar refractivity (Wildman–Crippen MR) is 116 cm³/mol. The van der Waals surface area contributed by atoms with Crippen LogP contribution in [0.2, 0.25) is 0 Å². The molecular weight excluding hydrogens is 410 g/mol. The minimum atomic E-state index is -0.730. The van der Waals surface area contributed by atoms with Crippen LogP contribution in [-0.4, -0.2) is 55.9 Å². The van der Waals surface area contributed by atoms with Gasteiger partial charge in [0.1, 0.15) is 11.8 Å². The summed E-state index contributed by atoms with van der Waals surface area (Å²) >= 11 is 0. The molecule has 1 saturated heterocycles. The lowest BCUT2D eigenvalue weighted by atomic mass is 10.0. The number of H-pyrrole nitrogens is 1. The van der Waals surface area contributed by atoms with Crippen molar-refractivity contribution >= 4 is 11.8 Å². The van der Waals surface area contributed by atoms with Gasteiger partial charge in [-0.2, -0.15) is 5.10 Å². The summed E-state index contributed by atoms with van der Waals surface area (Å²) in [5.74, 6) is -0.112. The van der Waals surface area contributed by atoms with Gasteiger partial charge in [-0.05, 0) is 31.9 Å². The van der Waals surface area contributed by atoms with Gasteiger partial charge in [0.05, 0.1) is 23.9 Å². The van der Waals surface area contributed by atoms with E-state index in [1.54, 1.807) is 13.0 Å². The number of aromatic nitrogens is 3. The van der Waals surface area contributed by atoms with Crippen LogP contribution in [0, 0.1) is 20.8 Å². The van der Waals surface area contributed by atoms with Gasteiger partial charge in [-0.1, -0.05) is 29.4 Å². The first kappa shape index (κ1) is 21.8. The molecule has 32 heavy (non-hydrogen) atoms. The molecule has 0 aliphatic carbocycles. The summed E-state index contributed by atoms with van der Waals surface area (Å²) in [6.07, 6.45) is -0.511. The van der Waals surface area contributed by atoms with Crippen LogP contribution in [0.15, 0.2) is 34.9 Å². The van der Waals surface area contributed by atoms with Crippen molar-refractivity contribution in [1.29, 1.82) is 0 Å². The van der Waals surface area contributed by atoms with E-state index in [4.69, 9.17) is 4.52 Å². The Morgan fingerprint density at radius 3 is 2.62 bits per heavy atom. The van der Waals surface area contributed by atoms with Gasteiger partial charge in [0, 0.05) is 36.8 Å². The molecule has 4 rings (SSSR count). The van der Waals surface area contributed by atoms with Gasteiger partial charge in [0.15, 0.2) is 0 Å². The second kappa shape index (κ2) is 8.96. The summed E-state index contributed by atoms with van der Waals surface area (Å²) in [4.78, 5) is 26.9. The summed E-state index contributed by atoms with van der Waals surface area (Å²) in [6, 6.07) is 8.90. The molecule has 9 nitrogen and oxygen atoms in total. The van der Waals surface area contributed by atoms with Gasteiger partial charge in [-0.3, -0.25) is 14.7 Å². The monoisotopic (exact) mass is 437 g/mol. The number of amides is 2. The Balaban J connectivity index is 1.37. The van der Waals surface area contributed by atoms with Crippen molar-refractivity contribution in [2.75, 3.05) is 6.54 Å². The third-order valence-electron chi connectivity index (χ3n) is 5.74. The fourth-order valence-electron chi connectivity index (χ4n) is 4.16. The quantitative estimate of drug-likeness (QED) is 0.540. The smallest absolute Gasteiger partial charge is 0.243 e. The number of aliphatic hydroxyl groups is 1. The fourth-order valence-corrected chi connectivity index (χ4v) is 4.16. The van der Waals surface area contributed by atoms with E-state index in [0.29, 0.717) is 18.0 Å². The number of benzene rings is 1. The summed E-state index contributed by atoms with van der Waals surface area (Å²) < 4.78 is 5.11. The number of β-amino-alcohol motifs (C(OH)–C–C–N with tert-alkyl or cyclic N) is 1. The molecule has 1 aliphatic rings. The molecule has 3 heterocycles. The standard InChI is InChI=1S/C23H27N5O4/c1-13-8-19(32-27-13)10-21(30)28-12-18(29)9-20(28)23(31)24-11-16-4-6-17(7-5-16)22-14(2)25-26-15(22)3/h4-8,18,20,29H,9-12H2,1-3H3,(H,24,31)(H,25,26)/t18-,20+/m1/s1. The number of aromatic amines is 1. The molecule has 3 aromatic rings. The highest BCUT2D eigenvalue weighted by molar-refractivity contribution is 5.89. The topological polar surface area (TPSA) is 124 Å². The van der Waals surface area contributed by atoms with Crippen molar-refractivity contribution in [3.63, 3.8) is 0 Å². The lowest BCUT2D eigenvalue weighted by molar-refractivity contribution is -0.138. The molecule has 168 valence electrons. The van der Waals surface area contributed by atoms with E-state index >= 15 is 0 Å². The van der Waals surface area contributed by atoms with Crippen LogP contribution in [0.25, 0.3) is 11.1 Å². The van der Waals surface area contributed by atoms with Crippen LogP contribution >= 0.6 is 0 Å². The van der Waals surface area contributed by atoms with E-state index < -0.39 is 12.1 Å². The van der Waals surface area contributed by atoms with Crippen molar-refractivity contribution in [2.24, 2.45) is 0 Å². The maximum absolute atomic E-state index is 12.8. The Morgan fingerprint density at radius 1 is 1.25 bits per heavy atom. The molecule has 1 aromatic carbocycles. The summed E-state index contributed by atoms with van der Waals surface area (Å²) in [7, 11) is 0. The minimum absolute atomic E-state index is 0.00560. The van der Waals surface area contributed by atoms with Gasteiger partial charge in [-0.15, -0.1) is 0 Å². The second-order valence-electron chi connectivity index (χ2n) is 8.29. The molecule has 0 spiro atoms. The highest BCUT2D eigenvalue weighted by atomic mass is 16.5. The van der Waals surface area contributed by atoms with E-state index in [9.17, 15) is 14.7 Å². The first-order chi connectivity index (χ1) is 15.3. The van der Waals surface area contributed by atoms with Gasteiger partial charge < -0.3 is 19.8 Å². The number of hydrogen-bond acceptors (Lipinski definition) is 6. The molecule has 1 fully saturated rings. The van der Waals surface area contributed by atoms with E-state index in [-0.39, 0.29) is 31.2 Å². The van der Waals surface area contributed by atoms with Crippen LogP contribution in [0.3, 0.4) is 0 Å². The number of aliphatic hydroxyl groups excluding tert-OH is 1. The minimum Gasteiger partial charge on any atom is -0.391 e. The fraction of sp³-hybridized carbons (Fsp3) is 0.391. The second-order valence-corrected chi connectivity index (χ2v) is 8.29. The molecule has 9 heteroatoms. The van der Waals surface area contributed by atoms with Gasteiger partial charge in [0.25, 0.3) is 0 Å². The van der Waals surface area contributed by atoms with Crippen molar-refractivity contribution in [2.45, 2.75) is 52.3 Å². The summed E-state index contributed by atoms with van der Waals surface area (Å²) in [5, 5.41) is 24.0. The molecule has 0 saturated carbocycles. The van der Waals surface area contributed by atoms with E-state index in [2.05, 4.69) is 20.7 Å². The number of hydrogen-bond donors (Lipinski definition) is 3. The van der Waals surface area contributed by atoms with Gasteiger partial charge in [0.2, 0.25) is 11.8 Å². The number of likely N-dealkylation sites (tertiary alicyclic amines) is 1. The average Bonchev–Trinajstić information content (AvgIpc) is 3.45. The maximum Gasteiger partial charge on any atom is 0.243 e. The van der Waals surface area contributed by atoms with Crippen molar-refractivity contribution in [3.8, 4) is 11.1 Å². The SMILES string of the molecule is Cc1cc(CC(=O)N2C[C@H](O)C[C@H]2C(=O)NCc2ccc(-c3c(C)n[nH]c3C)cc2)on1. The molecule has 0 radical (unpaired) electrons. The van der Waals surface area contributed by atoms with Crippen molar-refractivity contribution in [3.05, 3.63) is 58.7 Å². The first-order valence-electron chi connectivity index (χ1n) is 10.6. The average molecular weight is 438 g/mol. The number of carbonyl (C=O) groups is 2. The number of aryl methyl sites for hydroxylation is 3. The lowest BCUT2D eigenvalue weighted by Crippen LogP contribution is -2.46. The van der Waals surface area contributed by atoms with Crippen LogP contribution in [-0.2, 0) is 22.6 Å². The van der Waals surface area contributed by atoms with Crippen LogP contribution < -0.4 is 5.32 Å². The Hall–Kier alpha value is -3.46. The summed E-state index contributed by atoms with van der Waals surface area (Å²) in [6.45, 7) is 6.17. The Bertz CT molecular complexity index is 1100. The van der Waals surface area contributed by atoms with Gasteiger partial charge >= 0.3 is 0 Å². The number of nitrogens with zero attached hydrogens (tertiary/aromatic N) is 3. The Morgan fingerprint density at radius 2 is 2.00 bits per heavy atom. The van der Waals surface area contributed by atoms with Crippen molar-refractivity contribution < 1.29 is 19.2 Å². The van der Waals surface area contributed by atoms with Crippen LogP contribution in [0.4, 0.5) is 0 Å². The zero-order valence-corrected chi connectivity index (χ0v) is 18.4. The van der Waals surface area contributed by atoms with Crippen molar-refractivity contribution in [1.82, 2.24) is 25.6 Å². The molecule has 0 unspecified atom stereocenters. The summed E-state index contributed by atoms with van der Waals surface area (Å²) in [5.41, 5.74) is 5.71. The maximum atomic E-state index is 12.8. The zero-order valence-electron chi connectivity index (χ0n) is 18.4. The van der Waals surface area contributed by atoms with E-state index in [1.807, 2.05) is 38.1 Å².